The minimum atomic E-state index is -1.14. The molecule has 0 spiro atoms. The van der Waals surface area contributed by atoms with E-state index >= 15 is 0 Å². The maximum Gasteiger partial charge on any atom is 0.263 e. The van der Waals surface area contributed by atoms with Gasteiger partial charge < -0.3 is 4.74 Å². The van der Waals surface area contributed by atoms with Crippen LogP contribution in [-0.4, -0.2) is 36.0 Å². The monoisotopic (exact) mass is 372 g/mol. The van der Waals surface area contributed by atoms with Crippen molar-refractivity contribution in [3.05, 3.63) is 59.7 Å². The average Bonchev–Trinajstić information content (AvgIpc) is 3.18. The molecule has 0 radical (unpaired) electrons. The smallest absolute Gasteiger partial charge is 0.263 e. The van der Waals surface area contributed by atoms with Crippen LogP contribution in [0.3, 0.4) is 0 Å². The lowest BCUT2D eigenvalue weighted by Gasteiger charge is -2.20. The number of benzene rings is 2. The van der Waals surface area contributed by atoms with Gasteiger partial charge >= 0.3 is 0 Å². The predicted octanol–water partition coefficient (Wildman–Crippen LogP) is 2.47. The molecule has 0 aromatic heterocycles. The summed E-state index contributed by atoms with van der Waals surface area (Å²) in [5, 5.41) is 9.27. The fourth-order valence-electron chi connectivity index (χ4n) is 3.15. The van der Waals surface area contributed by atoms with Crippen LogP contribution < -0.4 is 9.64 Å². The van der Waals surface area contributed by atoms with Crippen molar-refractivity contribution in [1.82, 2.24) is 5.01 Å². The fraction of sp³-hybridized carbons (Fsp3) is 0.222. The lowest BCUT2D eigenvalue weighted by atomic mass is 10.1. The molecule has 0 bridgehead atoms. The van der Waals surface area contributed by atoms with E-state index in [1.807, 2.05) is 12.1 Å². The number of fused-ring (bicyclic) bond motifs is 1. The molecule has 0 aliphatic carbocycles. The summed E-state index contributed by atoms with van der Waals surface area (Å²) >= 11 is 0. The van der Waals surface area contributed by atoms with Crippen LogP contribution in [0.2, 0.25) is 0 Å². The van der Waals surface area contributed by atoms with Crippen LogP contribution in [0.15, 0.2) is 52.8 Å². The number of anilines is 1. The van der Waals surface area contributed by atoms with E-state index < -0.39 is 35.5 Å². The average molecular weight is 372 g/mol. The van der Waals surface area contributed by atoms with Gasteiger partial charge in [-0.25, -0.2) is 13.7 Å². The summed E-state index contributed by atoms with van der Waals surface area (Å²) in [6.45, 7) is 0.263. The molecular formula is C18H14F2N4O3. The molecule has 2 aliphatic heterocycles. The third kappa shape index (κ3) is 2.80. The van der Waals surface area contributed by atoms with Gasteiger partial charge in [-0.15, -0.1) is 0 Å². The fourth-order valence-corrected chi connectivity index (χ4v) is 3.15. The predicted molar refractivity (Wildman–Crippen MR) is 89.8 cm³/mol. The number of carbonyl (C=O) groups excluding carboxylic acids is 2. The molecule has 1 saturated heterocycles. The number of ether oxygens (including phenoxy) is 1. The normalized spacial score (nSPS) is 21.1. The summed E-state index contributed by atoms with van der Waals surface area (Å²) < 4.78 is 31.8. The van der Waals surface area contributed by atoms with Gasteiger partial charge in [-0.3, -0.25) is 14.6 Å². The van der Waals surface area contributed by atoms with Gasteiger partial charge in [0.15, 0.2) is 23.7 Å². The number of hydrogen-bond acceptors (Lipinski definition) is 6. The molecule has 1 fully saturated rings. The van der Waals surface area contributed by atoms with Crippen LogP contribution >= 0.6 is 0 Å². The van der Waals surface area contributed by atoms with Crippen LogP contribution in [0, 0.1) is 11.6 Å². The van der Waals surface area contributed by atoms with Crippen molar-refractivity contribution in [2.24, 2.45) is 10.3 Å². The first kappa shape index (κ1) is 17.1. The molecule has 7 nitrogen and oxygen atoms in total. The Morgan fingerprint density at radius 1 is 1.04 bits per heavy atom. The molecule has 0 unspecified atom stereocenters. The van der Waals surface area contributed by atoms with Gasteiger partial charge in [0.1, 0.15) is 5.75 Å². The zero-order valence-electron chi connectivity index (χ0n) is 14.2. The Kier molecular flexibility index (Phi) is 4.06. The highest BCUT2D eigenvalue weighted by Gasteiger charge is 2.54. The number of carbonyl (C=O) groups is 2. The highest BCUT2D eigenvalue weighted by Crippen LogP contribution is 2.33. The Morgan fingerprint density at radius 3 is 2.44 bits per heavy atom. The molecule has 2 amide bonds. The van der Waals surface area contributed by atoms with Crippen molar-refractivity contribution < 1.29 is 23.1 Å². The molecule has 2 aliphatic rings. The second-order valence-electron chi connectivity index (χ2n) is 6.15. The molecule has 4 rings (SSSR count). The number of nitrogens with zero attached hydrogens (tertiary/aromatic N) is 4. The molecule has 27 heavy (non-hydrogen) atoms. The summed E-state index contributed by atoms with van der Waals surface area (Å²) in [6.07, 6.45) is 0. The van der Waals surface area contributed by atoms with E-state index in [4.69, 9.17) is 4.74 Å². The first-order valence-corrected chi connectivity index (χ1v) is 8.13. The molecule has 2 heterocycles. The van der Waals surface area contributed by atoms with Crippen molar-refractivity contribution in [2.45, 2.75) is 18.6 Å². The highest BCUT2D eigenvalue weighted by molar-refractivity contribution is 6.25. The largest absolute Gasteiger partial charge is 0.497 e. The molecule has 138 valence electrons. The SMILES string of the molecule is COc1ccc(CN2N=N[C@H]3C(=O)N(c4ccc(F)c(F)c4)C(=O)[C@H]32)cc1. The van der Waals surface area contributed by atoms with Crippen molar-refractivity contribution in [3.63, 3.8) is 0 Å². The van der Waals surface area contributed by atoms with Crippen molar-refractivity contribution in [2.75, 3.05) is 12.0 Å². The molecule has 2 atom stereocenters. The summed E-state index contributed by atoms with van der Waals surface area (Å²) in [6, 6.07) is 8.14. The van der Waals surface area contributed by atoms with Crippen LogP contribution in [0.4, 0.5) is 14.5 Å². The minimum Gasteiger partial charge on any atom is -0.497 e. The lowest BCUT2D eigenvalue weighted by molar-refractivity contribution is -0.123. The number of hydrogen-bond donors (Lipinski definition) is 0. The Labute approximate surface area is 152 Å². The summed E-state index contributed by atoms with van der Waals surface area (Å²) in [7, 11) is 1.56. The standard InChI is InChI=1S/C18H14F2N4O3/c1-27-12-5-2-10(3-6-12)9-23-16-15(21-22-23)17(25)24(18(16)26)11-4-7-13(19)14(20)8-11/h2-8,15-16H,9H2,1H3/t15-,16+/m1/s1. The van der Waals surface area contributed by atoms with Crippen LogP contribution in [0.5, 0.6) is 5.75 Å². The quantitative estimate of drug-likeness (QED) is 0.773. The van der Waals surface area contributed by atoms with Crippen molar-refractivity contribution >= 4 is 17.5 Å². The molecule has 2 aromatic carbocycles. The molecular weight excluding hydrogens is 358 g/mol. The first-order chi connectivity index (χ1) is 13.0. The second kappa shape index (κ2) is 6.42. The summed E-state index contributed by atoms with van der Waals surface area (Å²) in [5.41, 5.74) is 0.819. The molecule has 2 aromatic rings. The van der Waals surface area contributed by atoms with Gasteiger partial charge in [0.05, 0.1) is 19.3 Å². The zero-order chi connectivity index (χ0) is 19.1. The number of amides is 2. The van der Waals surface area contributed by atoms with E-state index in [0.29, 0.717) is 5.75 Å². The van der Waals surface area contributed by atoms with E-state index in [0.717, 1.165) is 22.6 Å². The zero-order valence-corrected chi connectivity index (χ0v) is 14.2. The van der Waals surface area contributed by atoms with E-state index in [-0.39, 0.29) is 12.2 Å². The topological polar surface area (TPSA) is 74.6 Å². The lowest BCUT2D eigenvalue weighted by Crippen LogP contribution is -2.39. The Hall–Kier alpha value is -3.36. The first-order valence-electron chi connectivity index (χ1n) is 8.13. The van der Waals surface area contributed by atoms with E-state index in [9.17, 15) is 18.4 Å². The third-order valence-electron chi connectivity index (χ3n) is 4.52. The molecule has 9 heteroatoms. The van der Waals surface area contributed by atoms with Gasteiger partial charge in [-0.1, -0.05) is 17.4 Å². The molecule has 0 saturated carbocycles. The van der Waals surface area contributed by atoms with Gasteiger partial charge in [-0.05, 0) is 29.8 Å². The number of rotatable bonds is 4. The van der Waals surface area contributed by atoms with Gasteiger partial charge in [0.25, 0.3) is 11.8 Å². The Morgan fingerprint density at radius 2 is 1.78 bits per heavy atom. The third-order valence-corrected chi connectivity index (χ3v) is 4.52. The van der Waals surface area contributed by atoms with E-state index in [1.54, 1.807) is 19.2 Å². The van der Waals surface area contributed by atoms with Crippen molar-refractivity contribution in [3.8, 4) is 5.75 Å². The summed E-state index contributed by atoms with van der Waals surface area (Å²) in [4.78, 5) is 26.2. The maximum atomic E-state index is 13.5. The van der Waals surface area contributed by atoms with Gasteiger partial charge in [-0.2, -0.15) is 5.11 Å². The van der Waals surface area contributed by atoms with E-state index in [1.165, 1.54) is 11.1 Å². The van der Waals surface area contributed by atoms with Crippen LogP contribution in [0.25, 0.3) is 0 Å². The minimum absolute atomic E-state index is 0.0297. The van der Waals surface area contributed by atoms with Gasteiger partial charge in [0, 0.05) is 6.07 Å². The number of imide groups is 1. The highest BCUT2D eigenvalue weighted by atomic mass is 19.2. The van der Waals surface area contributed by atoms with Crippen LogP contribution in [-0.2, 0) is 16.1 Å². The number of methoxy groups -OCH3 is 1. The van der Waals surface area contributed by atoms with E-state index in [2.05, 4.69) is 10.3 Å². The Balaban J connectivity index is 1.58. The van der Waals surface area contributed by atoms with Crippen molar-refractivity contribution in [1.29, 1.82) is 0 Å². The number of halogens is 2. The molecule has 0 N–H and O–H groups in total. The van der Waals surface area contributed by atoms with Gasteiger partial charge in [0.2, 0.25) is 0 Å². The summed E-state index contributed by atoms with van der Waals surface area (Å²) in [5.74, 6) is -2.69. The Bertz CT molecular complexity index is 948. The maximum absolute atomic E-state index is 13.5. The van der Waals surface area contributed by atoms with Crippen LogP contribution in [0.1, 0.15) is 5.56 Å². The second-order valence-corrected chi connectivity index (χ2v) is 6.15.